The Morgan fingerprint density at radius 2 is 1.84 bits per heavy atom. The van der Waals surface area contributed by atoms with E-state index in [9.17, 15) is 0 Å². The first kappa shape index (κ1) is 11.8. The molecule has 2 aromatic heterocycles. The quantitative estimate of drug-likeness (QED) is 0.754. The van der Waals surface area contributed by atoms with Crippen molar-refractivity contribution in [1.82, 2.24) is 9.38 Å². The second-order valence-corrected chi connectivity index (χ2v) is 5.10. The van der Waals surface area contributed by atoms with E-state index in [4.69, 9.17) is 5.73 Å². The van der Waals surface area contributed by atoms with Gasteiger partial charge in [-0.15, -0.1) is 0 Å². The zero-order chi connectivity index (χ0) is 13.4. The summed E-state index contributed by atoms with van der Waals surface area (Å²) in [6, 6.07) is 12.4. The number of hydrogen-bond donors (Lipinski definition) is 1. The zero-order valence-corrected chi connectivity index (χ0v) is 11.2. The average Bonchev–Trinajstić information content (AvgIpc) is 2.84. The summed E-state index contributed by atoms with van der Waals surface area (Å²) in [5, 5.41) is 0. The Morgan fingerprint density at radius 3 is 2.47 bits per heavy atom. The van der Waals surface area contributed by atoms with Crippen LogP contribution in [0, 0.1) is 0 Å². The Bertz CT molecular complexity index is 708. The molecule has 3 nitrogen and oxygen atoms in total. The van der Waals surface area contributed by atoms with Crippen LogP contribution < -0.4 is 5.73 Å². The van der Waals surface area contributed by atoms with Gasteiger partial charge >= 0.3 is 0 Å². The van der Waals surface area contributed by atoms with Crippen molar-refractivity contribution in [3.8, 4) is 11.3 Å². The molecule has 0 saturated heterocycles. The van der Waals surface area contributed by atoms with Crippen molar-refractivity contribution < 1.29 is 0 Å². The maximum Gasteiger partial charge on any atom is 0.160 e. The number of hydrogen-bond acceptors (Lipinski definition) is 2. The van der Waals surface area contributed by atoms with Gasteiger partial charge in [-0.1, -0.05) is 38.1 Å². The monoisotopic (exact) mass is 251 g/mol. The predicted octanol–water partition coefficient (Wildman–Crippen LogP) is 3.71. The van der Waals surface area contributed by atoms with Gasteiger partial charge in [-0.05, 0) is 23.6 Å². The van der Waals surface area contributed by atoms with E-state index in [1.807, 2.05) is 28.9 Å². The minimum Gasteiger partial charge on any atom is -0.396 e. The number of fused-ring (bicyclic) bond motifs is 1. The third kappa shape index (κ3) is 2.08. The van der Waals surface area contributed by atoms with E-state index in [1.54, 1.807) is 0 Å². The number of nitrogen functional groups attached to an aromatic ring is 1. The molecule has 0 amide bonds. The van der Waals surface area contributed by atoms with Crippen LogP contribution in [0.5, 0.6) is 0 Å². The maximum atomic E-state index is 5.93. The average molecular weight is 251 g/mol. The van der Waals surface area contributed by atoms with E-state index in [-0.39, 0.29) is 0 Å². The fourth-order valence-electron chi connectivity index (χ4n) is 2.21. The third-order valence-electron chi connectivity index (χ3n) is 3.39. The number of nitrogens with two attached hydrogens (primary N) is 1. The van der Waals surface area contributed by atoms with Crippen LogP contribution in [-0.2, 0) is 0 Å². The molecule has 0 fully saturated rings. The molecule has 0 bridgehead atoms. The number of anilines is 1. The van der Waals surface area contributed by atoms with Crippen LogP contribution in [0.3, 0.4) is 0 Å². The summed E-state index contributed by atoms with van der Waals surface area (Å²) >= 11 is 0. The number of rotatable bonds is 2. The van der Waals surface area contributed by atoms with Crippen LogP contribution >= 0.6 is 0 Å². The molecule has 3 aromatic rings. The van der Waals surface area contributed by atoms with Gasteiger partial charge in [-0.25, -0.2) is 4.98 Å². The van der Waals surface area contributed by atoms with Crippen molar-refractivity contribution in [3.63, 3.8) is 0 Å². The van der Waals surface area contributed by atoms with Gasteiger partial charge in [0.25, 0.3) is 0 Å². The maximum absolute atomic E-state index is 5.93. The van der Waals surface area contributed by atoms with E-state index in [2.05, 4.69) is 43.1 Å². The van der Waals surface area contributed by atoms with Gasteiger partial charge < -0.3 is 10.1 Å². The molecule has 0 aliphatic carbocycles. The van der Waals surface area contributed by atoms with E-state index in [0.29, 0.717) is 11.6 Å². The first-order valence-electron chi connectivity index (χ1n) is 6.48. The molecule has 96 valence electrons. The van der Waals surface area contributed by atoms with Crippen molar-refractivity contribution in [2.75, 3.05) is 5.73 Å². The molecule has 19 heavy (non-hydrogen) atoms. The molecule has 0 spiro atoms. The first-order valence-corrected chi connectivity index (χ1v) is 6.48. The molecule has 0 aliphatic rings. The smallest absolute Gasteiger partial charge is 0.160 e. The number of aromatic nitrogens is 2. The number of nitrogens with zero attached hydrogens (tertiary/aromatic N) is 2. The fourth-order valence-corrected chi connectivity index (χ4v) is 2.21. The lowest BCUT2D eigenvalue weighted by Gasteiger charge is -2.05. The van der Waals surface area contributed by atoms with Crippen LogP contribution in [-0.4, -0.2) is 9.38 Å². The van der Waals surface area contributed by atoms with Crippen LogP contribution in [0.4, 0.5) is 5.69 Å². The standard InChI is InChI=1S/C16H17N3/c1-11(2)12-5-7-13(8-6-12)15-10-19-9-3-4-14(17)16(19)18-15/h3-11H,17H2,1-2H3. The van der Waals surface area contributed by atoms with Crippen LogP contribution in [0.15, 0.2) is 48.8 Å². The van der Waals surface area contributed by atoms with Gasteiger partial charge in [0.05, 0.1) is 11.4 Å². The van der Waals surface area contributed by atoms with Crippen molar-refractivity contribution in [2.45, 2.75) is 19.8 Å². The molecule has 3 rings (SSSR count). The molecule has 2 N–H and O–H groups in total. The normalized spacial score (nSPS) is 11.3. The summed E-state index contributed by atoms with van der Waals surface area (Å²) in [6.45, 7) is 4.39. The second-order valence-electron chi connectivity index (χ2n) is 5.10. The molecule has 0 radical (unpaired) electrons. The topological polar surface area (TPSA) is 43.3 Å². The van der Waals surface area contributed by atoms with Crippen molar-refractivity contribution in [1.29, 1.82) is 0 Å². The Balaban J connectivity index is 2.06. The summed E-state index contributed by atoms with van der Waals surface area (Å²) in [6.07, 6.45) is 3.97. The first-order chi connectivity index (χ1) is 9.15. The molecular weight excluding hydrogens is 234 g/mol. The van der Waals surface area contributed by atoms with E-state index < -0.39 is 0 Å². The summed E-state index contributed by atoms with van der Waals surface area (Å²) in [5.74, 6) is 0.547. The minimum atomic E-state index is 0.547. The second kappa shape index (κ2) is 4.43. The van der Waals surface area contributed by atoms with Gasteiger partial charge in [0.2, 0.25) is 0 Å². The third-order valence-corrected chi connectivity index (χ3v) is 3.39. The number of pyridine rings is 1. The molecule has 0 atom stereocenters. The van der Waals surface area contributed by atoms with Gasteiger partial charge in [0.15, 0.2) is 5.65 Å². The summed E-state index contributed by atoms with van der Waals surface area (Å²) in [4.78, 5) is 4.59. The van der Waals surface area contributed by atoms with Crippen molar-refractivity contribution in [3.05, 3.63) is 54.4 Å². The fraction of sp³-hybridized carbons (Fsp3) is 0.188. The molecule has 0 aliphatic heterocycles. The van der Waals surface area contributed by atoms with Gasteiger partial charge in [0, 0.05) is 18.0 Å². The van der Waals surface area contributed by atoms with Gasteiger partial charge in [-0.3, -0.25) is 0 Å². The largest absolute Gasteiger partial charge is 0.396 e. The SMILES string of the molecule is CC(C)c1ccc(-c2cn3cccc(N)c3n2)cc1. The van der Waals surface area contributed by atoms with Gasteiger partial charge in [-0.2, -0.15) is 0 Å². The Morgan fingerprint density at radius 1 is 1.11 bits per heavy atom. The zero-order valence-electron chi connectivity index (χ0n) is 11.2. The van der Waals surface area contributed by atoms with Crippen molar-refractivity contribution in [2.24, 2.45) is 0 Å². The highest BCUT2D eigenvalue weighted by Gasteiger charge is 2.07. The van der Waals surface area contributed by atoms with E-state index >= 15 is 0 Å². The molecule has 1 aromatic carbocycles. The highest BCUT2D eigenvalue weighted by atomic mass is 15.0. The summed E-state index contributed by atoms with van der Waals surface area (Å²) in [5.41, 5.74) is 10.9. The highest BCUT2D eigenvalue weighted by molar-refractivity contribution is 5.70. The molecule has 2 heterocycles. The lowest BCUT2D eigenvalue weighted by Crippen LogP contribution is -1.90. The minimum absolute atomic E-state index is 0.547. The Kier molecular flexibility index (Phi) is 2.75. The summed E-state index contributed by atoms with van der Waals surface area (Å²) in [7, 11) is 0. The number of imidazole rings is 1. The molecule has 0 saturated carbocycles. The highest BCUT2D eigenvalue weighted by Crippen LogP contribution is 2.23. The molecule has 3 heteroatoms. The Labute approximate surface area is 112 Å². The number of benzene rings is 1. The Hall–Kier alpha value is -2.29. The van der Waals surface area contributed by atoms with E-state index in [0.717, 1.165) is 16.9 Å². The molecular formula is C16H17N3. The lowest BCUT2D eigenvalue weighted by atomic mass is 10.0. The lowest BCUT2D eigenvalue weighted by molar-refractivity contribution is 0.867. The van der Waals surface area contributed by atoms with Crippen molar-refractivity contribution >= 4 is 11.3 Å². The molecule has 0 unspecified atom stereocenters. The predicted molar refractivity (Wildman–Crippen MR) is 79.1 cm³/mol. The summed E-state index contributed by atoms with van der Waals surface area (Å²) < 4.78 is 1.96. The van der Waals surface area contributed by atoms with E-state index in [1.165, 1.54) is 5.56 Å². The van der Waals surface area contributed by atoms with Crippen LogP contribution in [0.2, 0.25) is 0 Å². The van der Waals surface area contributed by atoms with Gasteiger partial charge in [0.1, 0.15) is 0 Å². The van der Waals surface area contributed by atoms with Crippen LogP contribution in [0.25, 0.3) is 16.9 Å². The van der Waals surface area contributed by atoms with Crippen LogP contribution in [0.1, 0.15) is 25.3 Å².